The molecule has 8 heteroatoms. The molecule has 3 aromatic rings. The fourth-order valence-electron chi connectivity index (χ4n) is 3.14. The number of hydrogen-bond donors (Lipinski definition) is 1. The highest BCUT2D eigenvalue weighted by atomic mass is 32.2. The van der Waals surface area contributed by atoms with E-state index in [0.29, 0.717) is 24.5 Å². The van der Waals surface area contributed by atoms with Gasteiger partial charge in [-0.3, -0.25) is 4.79 Å². The minimum atomic E-state index is -3.48. The van der Waals surface area contributed by atoms with Crippen molar-refractivity contribution in [1.29, 1.82) is 0 Å². The van der Waals surface area contributed by atoms with Gasteiger partial charge in [0.2, 0.25) is 15.9 Å². The summed E-state index contributed by atoms with van der Waals surface area (Å²) in [7, 11) is -3.48. The second-order valence-corrected chi connectivity index (χ2v) is 9.51. The van der Waals surface area contributed by atoms with E-state index in [9.17, 15) is 13.2 Å². The van der Waals surface area contributed by atoms with Crippen LogP contribution in [0.4, 0.5) is 5.82 Å². The zero-order valence-electron chi connectivity index (χ0n) is 18.1. The van der Waals surface area contributed by atoms with Crippen LogP contribution in [-0.4, -0.2) is 47.8 Å². The smallest absolute Gasteiger partial charge is 0.240 e. The molecule has 7 nitrogen and oxygen atoms in total. The molecular formula is C23H28N4O3S. The standard InChI is InChI=1S/C23H28N4O3S/c1-4-5-15-26(31(3,29)30)17-23(28)24-22-16-21(19-9-7-6-8-10-19)25-27(22)20-13-11-18(2)12-14-20/h6-14,16H,4-5,15,17H2,1-3H3,(H,24,28). The molecule has 0 radical (unpaired) electrons. The van der Waals surface area contributed by atoms with Gasteiger partial charge in [0, 0.05) is 18.2 Å². The number of nitrogens with zero attached hydrogens (tertiary/aromatic N) is 3. The molecule has 164 valence electrons. The molecular weight excluding hydrogens is 412 g/mol. The number of nitrogens with one attached hydrogen (secondary N) is 1. The first-order valence-corrected chi connectivity index (χ1v) is 12.1. The van der Waals surface area contributed by atoms with E-state index >= 15 is 0 Å². The average Bonchev–Trinajstić information content (AvgIpc) is 3.15. The summed E-state index contributed by atoms with van der Waals surface area (Å²) >= 11 is 0. The van der Waals surface area contributed by atoms with Crippen LogP contribution < -0.4 is 5.32 Å². The molecule has 0 fully saturated rings. The molecule has 0 unspecified atom stereocenters. The first kappa shape index (κ1) is 22.7. The molecule has 2 aromatic carbocycles. The predicted octanol–water partition coefficient (Wildman–Crippen LogP) is 3.85. The van der Waals surface area contributed by atoms with E-state index < -0.39 is 15.9 Å². The molecule has 0 bridgehead atoms. The van der Waals surface area contributed by atoms with Crippen molar-refractivity contribution in [2.75, 3.05) is 24.7 Å². The highest BCUT2D eigenvalue weighted by Gasteiger charge is 2.21. The fourth-order valence-corrected chi connectivity index (χ4v) is 3.95. The molecule has 31 heavy (non-hydrogen) atoms. The molecule has 1 heterocycles. The van der Waals surface area contributed by atoms with Gasteiger partial charge in [-0.2, -0.15) is 9.40 Å². The van der Waals surface area contributed by atoms with E-state index in [1.165, 1.54) is 4.31 Å². The van der Waals surface area contributed by atoms with Crippen LogP contribution in [0.5, 0.6) is 0 Å². The van der Waals surface area contributed by atoms with Gasteiger partial charge in [-0.25, -0.2) is 13.1 Å². The number of rotatable bonds is 9. The molecule has 0 aliphatic heterocycles. The Kier molecular flexibility index (Phi) is 7.25. The number of anilines is 1. The highest BCUT2D eigenvalue weighted by molar-refractivity contribution is 7.88. The Balaban J connectivity index is 1.90. The maximum Gasteiger partial charge on any atom is 0.240 e. The molecule has 1 amide bonds. The number of aryl methyl sites for hydroxylation is 1. The van der Waals surface area contributed by atoms with Gasteiger partial charge in [0.25, 0.3) is 0 Å². The number of carbonyl (C=O) groups excluding carboxylic acids is 1. The number of amides is 1. The number of unbranched alkanes of at least 4 members (excludes halogenated alkanes) is 1. The predicted molar refractivity (Wildman–Crippen MR) is 124 cm³/mol. The summed E-state index contributed by atoms with van der Waals surface area (Å²) in [6, 6.07) is 19.3. The first-order valence-electron chi connectivity index (χ1n) is 10.3. The number of carbonyl (C=O) groups is 1. The van der Waals surface area contributed by atoms with Crippen molar-refractivity contribution in [3.05, 3.63) is 66.2 Å². The lowest BCUT2D eigenvalue weighted by molar-refractivity contribution is -0.116. The molecule has 0 aliphatic rings. The third-order valence-electron chi connectivity index (χ3n) is 4.87. The lowest BCUT2D eigenvalue weighted by Crippen LogP contribution is -2.38. The molecule has 0 atom stereocenters. The Morgan fingerprint density at radius 2 is 1.77 bits per heavy atom. The molecule has 0 spiro atoms. The van der Waals surface area contributed by atoms with Gasteiger partial charge in [0.1, 0.15) is 5.82 Å². The van der Waals surface area contributed by atoms with Crippen molar-refractivity contribution in [3.63, 3.8) is 0 Å². The van der Waals surface area contributed by atoms with Crippen LogP contribution in [0, 0.1) is 6.92 Å². The third kappa shape index (κ3) is 6.02. The van der Waals surface area contributed by atoms with E-state index in [2.05, 4.69) is 10.4 Å². The third-order valence-corrected chi connectivity index (χ3v) is 6.12. The van der Waals surface area contributed by atoms with E-state index in [1.54, 1.807) is 10.7 Å². The van der Waals surface area contributed by atoms with Crippen LogP contribution in [0.1, 0.15) is 25.3 Å². The SMILES string of the molecule is CCCCN(CC(=O)Nc1cc(-c2ccccc2)nn1-c1ccc(C)cc1)S(C)(=O)=O. The quantitative estimate of drug-likeness (QED) is 0.548. The Bertz CT molecular complexity index is 1120. The normalized spacial score (nSPS) is 11.6. The average molecular weight is 441 g/mol. The lowest BCUT2D eigenvalue weighted by atomic mass is 10.1. The molecule has 1 N–H and O–H groups in total. The van der Waals surface area contributed by atoms with Crippen molar-refractivity contribution < 1.29 is 13.2 Å². The highest BCUT2D eigenvalue weighted by Crippen LogP contribution is 2.25. The zero-order chi connectivity index (χ0) is 22.4. The first-order chi connectivity index (χ1) is 14.8. The Hall–Kier alpha value is -2.97. The van der Waals surface area contributed by atoms with Crippen molar-refractivity contribution in [2.45, 2.75) is 26.7 Å². The Morgan fingerprint density at radius 3 is 2.39 bits per heavy atom. The van der Waals surface area contributed by atoms with E-state index in [-0.39, 0.29) is 6.54 Å². The maximum absolute atomic E-state index is 12.8. The van der Waals surface area contributed by atoms with Crippen molar-refractivity contribution >= 4 is 21.7 Å². The number of benzene rings is 2. The van der Waals surface area contributed by atoms with E-state index in [1.807, 2.05) is 68.4 Å². The van der Waals surface area contributed by atoms with Crippen LogP contribution in [0.15, 0.2) is 60.7 Å². The fraction of sp³-hybridized carbons (Fsp3) is 0.304. The lowest BCUT2D eigenvalue weighted by Gasteiger charge is -2.19. The molecule has 0 saturated heterocycles. The monoisotopic (exact) mass is 440 g/mol. The molecule has 0 aliphatic carbocycles. The van der Waals surface area contributed by atoms with Gasteiger partial charge < -0.3 is 5.32 Å². The summed E-state index contributed by atoms with van der Waals surface area (Å²) < 4.78 is 27.0. The van der Waals surface area contributed by atoms with Crippen LogP contribution in [-0.2, 0) is 14.8 Å². The minimum absolute atomic E-state index is 0.238. The van der Waals surface area contributed by atoms with Crippen LogP contribution in [0.25, 0.3) is 16.9 Å². The topological polar surface area (TPSA) is 84.3 Å². The number of sulfonamides is 1. The van der Waals surface area contributed by atoms with E-state index in [4.69, 9.17) is 0 Å². The van der Waals surface area contributed by atoms with Gasteiger partial charge in [-0.15, -0.1) is 0 Å². The number of hydrogen-bond acceptors (Lipinski definition) is 4. The Morgan fingerprint density at radius 1 is 1.10 bits per heavy atom. The van der Waals surface area contributed by atoms with Crippen molar-refractivity contribution in [1.82, 2.24) is 14.1 Å². The Labute approximate surface area is 183 Å². The summed E-state index contributed by atoms with van der Waals surface area (Å²) in [5.74, 6) is 0.0750. The summed E-state index contributed by atoms with van der Waals surface area (Å²) in [4.78, 5) is 12.8. The molecule has 3 rings (SSSR count). The second-order valence-electron chi connectivity index (χ2n) is 7.53. The minimum Gasteiger partial charge on any atom is -0.309 e. The summed E-state index contributed by atoms with van der Waals surface area (Å²) in [5.41, 5.74) is 3.55. The maximum atomic E-state index is 12.8. The van der Waals surface area contributed by atoms with Gasteiger partial charge in [-0.05, 0) is 25.5 Å². The van der Waals surface area contributed by atoms with Crippen molar-refractivity contribution in [3.8, 4) is 16.9 Å². The van der Waals surface area contributed by atoms with E-state index in [0.717, 1.165) is 29.5 Å². The van der Waals surface area contributed by atoms with Crippen molar-refractivity contribution in [2.24, 2.45) is 0 Å². The van der Waals surface area contributed by atoms with Crippen LogP contribution in [0.3, 0.4) is 0 Å². The van der Waals surface area contributed by atoms with Gasteiger partial charge in [0.05, 0.1) is 24.2 Å². The second kappa shape index (κ2) is 9.89. The number of aromatic nitrogens is 2. The van der Waals surface area contributed by atoms with Gasteiger partial charge in [-0.1, -0.05) is 61.4 Å². The largest absolute Gasteiger partial charge is 0.309 e. The van der Waals surface area contributed by atoms with Gasteiger partial charge >= 0.3 is 0 Å². The summed E-state index contributed by atoms with van der Waals surface area (Å²) in [6.07, 6.45) is 2.66. The molecule has 1 aromatic heterocycles. The summed E-state index contributed by atoms with van der Waals surface area (Å²) in [6.45, 7) is 4.06. The van der Waals surface area contributed by atoms with Crippen LogP contribution >= 0.6 is 0 Å². The zero-order valence-corrected chi connectivity index (χ0v) is 18.9. The summed E-state index contributed by atoms with van der Waals surface area (Å²) in [5, 5.41) is 7.53. The molecule has 0 saturated carbocycles. The van der Waals surface area contributed by atoms with Gasteiger partial charge in [0.15, 0.2) is 0 Å². The van der Waals surface area contributed by atoms with Crippen LogP contribution in [0.2, 0.25) is 0 Å².